The van der Waals surface area contributed by atoms with E-state index in [0.717, 1.165) is 12.8 Å². The van der Waals surface area contributed by atoms with Crippen molar-refractivity contribution in [2.45, 2.75) is 37.8 Å². The maximum absolute atomic E-state index is 13.8. The Morgan fingerprint density at radius 3 is 2.94 bits per heavy atom. The predicted octanol–water partition coefficient (Wildman–Crippen LogP) is 2.63. The van der Waals surface area contributed by atoms with E-state index in [0.29, 0.717) is 36.6 Å². The first-order chi connectivity index (χ1) is 15.1. The number of halogens is 1. The van der Waals surface area contributed by atoms with Gasteiger partial charge in [0.2, 0.25) is 11.7 Å². The van der Waals surface area contributed by atoms with E-state index < -0.39 is 6.04 Å². The molecular weight excluding hydrogens is 399 g/mol. The lowest BCUT2D eigenvalue weighted by Gasteiger charge is -2.26. The zero-order valence-corrected chi connectivity index (χ0v) is 17.1. The van der Waals surface area contributed by atoms with Crippen molar-refractivity contribution in [2.24, 2.45) is 5.73 Å². The van der Waals surface area contributed by atoms with Crippen LogP contribution < -0.4 is 11.1 Å². The van der Waals surface area contributed by atoms with E-state index in [1.54, 1.807) is 30.5 Å². The summed E-state index contributed by atoms with van der Waals surface area (Å²) in [6, 6.07) is 11.9. The Bertz CT molecular complexity index is 1010. The molecule has 0 unspecified atom stereocenters. The molecule has 0 spiro atoms. The highest BCUT2D eigenvalue weighted by molar-refractivity contribution is 5.77. The number of likely N-dealkylation sites (tertiary alicyclic amines) is 1. The molecule has 0 saturated carbocycles. The zero-order chi connectivity index (χ0) is 21.6. The molecule has 1 saturated heterocycles. The summed E-state index contributed by atoms with van der Waals surface area (Å²) in [5, 5.41) is 7.05. The molecule has 0 aliphatic carbocycles. The molecule has 31 heavy (non-hydrogen) atoms. The summed E-state index contributed by atoms with van der Waals surface area (Å²) in [5.74, 6) is 0.0905. The molecule has 4 rings (SSSR count). The van der Waals surface area contributed by atoms with Gasteiger partial charge in [-0.2, -0.15) is 4.98 Å². The second-order valence-electron chi connectivity index (χ2n) is 7.66. The highest BCUT2D eigenvalue weighted by Gasteiger charge is 2.29. The summed E-state index contributed by atoms with van der Waals surface area (Å²) in [5.41, 5.74) is 7.30. The van der Waals surface area contributed by atoms with Crippen LogP contribution >= 0.6 is 0 Å². The van der Waals surface area contributed by atoms with Crippen molar-refractivity contribution in [3.05, 3.63) is 60.0 Å². The third kappa shape index (κ3) is 5.24. The lowest BCUT2D eigenvalue weighted by molar-refractivity contribution is -0.132. The molecule has 1 fully saturated rings. The normalized spacial score (nSPS) is 17.0. The van der Waals surface area contributed by atoms with Crippen LogP contribution in [0.15, 0.2) is 53.2 Å². The van der Waals surface area contributed by atoms with Gasteiger partial charge < -0.3 is 20.5 Å². The van der Waals surface area contributed by atoms with Crippen LogP contribution in [0.2, 0.25) is 0 Å². The van der Waals surface area contributed by atoms with E-state index in [4.69, 9.17) is 10.3 Å². The second kappa shape index (κ2) is 9.65. The van der Waals surface area contributed by atoms with Gasteiger partial charge in [-0.15, -0.1) is 0 Å². The SMILES string of the molecule is N[C@@H](CC(=O)N1CCC[C@H]1CNc1nc(-c2ccccn2)no1)Cc1ccccc1F. The van der Waals surface area contributed by atoms with E-state index in [2.05, 4.69) is 20.4 Å². The van der Waals surface area contributed by atoms with Crippen LogP contribution in [0.5, 0.6) is 0 Å². The first kappa shape index (κ1) is 20.9. The van der Waals surface area contributed by atoms with Crippen LogP contribution in [-0.2, 0) is 11.2 Å². The van der Waals surface area contributed by atoms with Crippen molar-refractivity contribution in [1.29, 1.82) is 0 Å². The number of nitrogens with two attached hydrogens (primary N) is 1. The molecular formula is C22H25FN6O2. The monoisotopic (exact) mass is 424 g/mol. The predicted molar refractivity (Wildman–Crippen MR) is 113 cm³/mol. The third-order valence-corrected chi connectivity index (χ3v) is 5.38. The molecule has 1 aliphatic heterocycles. The molecule has 1 amide bonds. The summed E-state index contributed by atoms with van der Waals surface area (Å²) >= 11 is 0. The van der Waals surface area contributed by atoms with E-state index >= 15 is 0 Å². The van der Waals surface area contributed by atoms with Gasteiger partial charge in [-0.1, -0.05) is 29.4 Å². The molecule has 3 heterocycles. The smallest absolute Gasteiger partial charge is 0.321 e. The number of amides is 1. The van der Waals surface area contributed by atoms with Crippen molar-refractivity contribution in [3.8, 4) is 11.5 Å². The van der Waals surface area contributed by atoms with E-state index in [1.807, 2.05) is 17.0 Å². The Morgan fingerprint density at radius 2 is 2.13 bits per heavy atom. The average Bonchev–Trinajstić information content (AvgIpc) is 3.44. The molecule has 1 aliphatic rings. The number of nitrogens with one attached hydrogen (secondary N) is 1. The second-order valence-corrected chi connectivity index (χ2v) is 7.66. The lowest BCUT2D eigenvalue weighted by atomic mass is 10.0. The number of pyridine rings is 1. The fourth-order valence-corrected chi connectivity index (χ4v) is 3.84. The largest absolute Gasteiger partial charge is 0.338 e. The maximum atomic E-state index is 13.8. The minimum atomic E-state index is -0.435. The standard InChI is InChI=1S/C22H25FN6O2/c23-18-8-2-1-6-15(18)12-16(24)13-20(30)29-11-5-7-17(29)14-26-22-27-21(28-31-22)19-9-3-4-10-25-19/h1-4,6,8-10,16-17H,5,7,11-14,24H2,(H,26,27,28)/t16-,17+/m1/s1. The number of benzene rings is 1. The quantitative estimate of drug-likeness (QED) is 0.572. The number of carbonyl (C=O) groups is 1. The highest BCUT2D eigenvalue weighted by Crippen LogP contribution is 2.21. The number of carbonyl (C=O) groups excluding carboxylic acids is 1. The van der Waals surface area contributed by atoms with Crippen LogP contribution in [0.4, 0.5) is 10.4 Å². The maximum Gasteiger partial charge on any atom is 0.321 e. The van der Waals surface area contributed by atoms with Crippen LogP contribution in [0.3, 0.4) is 0 Å². The fraction of sp³-hybridized carbons (Fsp3) is 0.364. The third-order valence-electron chi connectivity index (χ3n) is 5.38. The molecule has 1 aromatic carbocycles. The molecule has 3 aromatic rings. The zero-order valence-electron chi connectivity index (χ0n) is 17.1. The topological polar surface area (TPSA) is 110 Å². The summed E-state index contributed by atoms with van der Waals surface area (Å²) in [7, 11) is 0. The molecule has 162 valence electrons. The molecule has 3 N–H and O–H groups in total. The molecule has 0 radical (unpaired) electrons. The number of nitrogens with zero attached hydrogens (tertiary/aromatic N) is 4. The molecule has 0 bridgehead atoms. The summed E-state index contributed by atoms with van der Waals surface area (Å²) < 4.78 is 19.1. The Balaban J connectivity index is 1.30. The fourth-order valence-electron chi connectivity index (χ4n) is 3.84. The summed E-state index contributed by atoms with van der Waals surface area (Å²) in [6.07, 6.45) is 3.96. The van der Waals surface area contributed by atoms with Crippen LogP contribution in [0.25, 0.3) is 11.5 Å². The van der Waals surface area contributed by atoms with Crippen molar-refractivity contribution in [2.75, 3.05) is 18.4 Å². The Kier molecular flexibility index (Phi) is 6.51. The van der Waals surface area contributed by atoms with Gasteiger partial charge in [-0.3, -0.25) is 9.78 Å². The number of rotatable bonds is 8. The number of aromatic nitrogens is 3. The van der Waals surface area contributed by atoms with Crippen LogP contribution in [0, 0.1) is 5.82 Å². The highest BCUT2D eigenvalue weighted by atomic mass is 19.1. The Morgan fingerprint density at radius 1 is 1.29 bits per heavy atom. The van der Waals surface area contributed by atoms with Crippen molar-refractivity contribution >= 4 is 11.9 Å². The minimum Gasteiger partial charge on any atom is -0.338 e. The van der Waals surface area contributed by atoms with Gasteiger partial charge in [-0.05, 0) is 43.0 Å². The van der Waals surface area contributed by atoms with E-state index in [-0.39, 0.29) is 30.2 Å². The van der Waals surface area contributed by atoms with Crippen molar-refractivity contribution in [3.63, 3.8) is 0 Å². The van der Waals surface area contributed by atoms with E-state index in [1.165, 1.54) is 6.07 Å². The van der Waals surface area contributed by atoms with E-state index in [9.17, 15) is 9.18 Å². The van der Waals surface area contributed by atoms with Gasteiger partial charge in [0, 0.05) is 37.8 Å². The van der Waals surface area contributed by atoms with Gasteiger partial charge in [0.1, 0.15) is 11.5 Å². The average molecular weight is 424 g/mol. The summed E-state index contributed by atoms with van der Waals surface area (Å²) in [4.78, 5) is 23.1. The molecule has 8 nitrogen and oxygen atoms in total. The number of anilines is 1. The van der Waals surface area contributed by atoms with Gasteiger partial charge >= 0.3 is 6.01 Å². The summed E-state index contributed by atoms with van der Waals surface area (Å²) in [6.45, 7) is 1.18. The lowest BCUT2D eigenvalue weighted by Crippen LogP contribution is -2.42. The Hall–Kier alpha value is -3.33. The molecule has 2 aromatic heterocycles. The van der Waals surface area contributed by atoms with Crippen molar-refractivity contribution < 1.29 is 13.7 Å². The van der Waals surface area contributed by atoms with Gasteiger partial charge in [0.05, 0.1) is 0 Å². The van der Waals surface area contributed by atoms with Gasteiger partial charge in [-0.25, -0.2) is 4.39 Å². The van der Waals surface area contributed by atoms with Crippen LogP contribution in [-0.4, -0.2) is 51.1 Å². The first-order valence-electron chi connectivity index (χ1n) is 10.4. The van der Waals surface area contributed by atoms with Gasteiger partial charge in [0.15, 0.2) is 0 Å². The Labute approximate surface area is 179 Å². The van der Waals surface area contributed by atoms with Gasteiger partial charge in [0.25, 0.3) is 0 Å². The minimum absolute atomic E-state index is 0.0124. The first-order valence-corrected chi connectivity index (χ1v) is 10.4. The van der Waals surface area contributed by atoms with Crippen molar-refractivity contribution in [1.82, 2.24) is 20.0 Å². The molecule has 9 heteroatoms. The molecule has 2 atom stereocenters. The number of hydrogen-bond acceptors (Lipinski definition) is 7. The van der Waals surface area contributed by atoms with Crippen LogP contribution in [0.1, 0.15) is 24.8 Å². The number of hydrogen-bond donors (Lipinski definition) is 2.